The SMILES string of the molecule is C[C@H](NC(=O)[C@H]1CC(=O)N(C2CC2)C1)c1cccc(OC(F)F)c1. The Labute approximate surface area is 139 Å². The standard InChI is InChI=1S/C17H20F2N2O3/c1-10(11-3-2-4-14(7-11)24-17(18)19)20-16(23)12-8-15(22)21(9-12)13-5-6-13/h2-4,7,10,12-13,17H,5-6,8-9H2,1H3,(H,20,23)/t10-,12-/m0/s1. The highest BCUT2D eigenvalue weighted by Gasteiger charge is 2.41. The summed E-state index contributed by atoms with van der Waals surface area (Å²) in [4.78, 5) is 26.1. The number of benzene rings is 1. The number of rotatable bonds is 6. The molecule has 24 heavy (non-hydrogen) atoms. The highest BCUT2D eigenvalue weighted by molar-refractivity contribution is 5.89. The Hall–Kier alpha value is -2.18. The maximum absolute atomic E-state index is 12.4. The van der Waals surface area contributed by atoms with Crippen molar-refractivity contribution >= 4 is 11.8 Å². The second-order valence-electron chi connectivity index (χ2n) is 6.36. The normalized spacial score (nSPS) is 21.9. The number of carbonyl (C=O) groups is 2. The van der Waals surface area contributed by atoms with Crippen LogP contribution in [0.25, 0.3) is 0 Å². The molecule has 1 N–H and O–H groups in total. The van der Waals surface area contributed by atoms with Gasteiger partial charge in [-0.15, -0.1) is 0 Å². The lowest BCUT2D eigenvalue weighted by Gasteiger charge is -2.19. The first-order chi connectivity index (χ1) is 11.4. The summed E-state index contributed by atoms with van der Waals surface area (Å²) in [5, 5.41) is 2.86. The molecular formula is C17H20F2N2O3. The Kier molecular flexibility index (Phi) is 4.69. The molecule has 1 heterocycles. The first kappa shape index (κ1) is 16.7. The van der Waals surface area contributed by atoms with E-state index in [0.717, 1.165) is 12.8 Å². The summed E-state index contributed by atoms with van der Waals surface area (Å²) in [6.45, 7) is -0.645. The summed E-state index contributed by atoms with van der Waals surface area (Å²) >= 11 is 0. The van der Waals surface area contributed by atoms with Crippen molar-refractivity contribution in [3.63, 3.8) is 0 Å². The van der Waals surface area contributed by atoms with E-state index in [4.69, 9.17) is 0 Å². The number of likely N-dealkylation sites (tertiary alicyclic amines) is 1. The number of hydrogen-bond acceptors (Lipinski definition) is 3. The van der Waals surface area contributed by atoms with Crippen LogP contribution >= 0.6 is 0 Å². The van der Waals surface area contributed by atoms with E-state index in [0.29, 0.717) is 18.2 Å². The predicted molar refractivity (Wildman–Crippen MR) is 82.5 cm³/mol. The van der Waals surface area contributed by atoms with Gasteiger partial charge in [-0.25, -0.2) is 0 Å². The quantitative estimate of drug-likeness (QED) is 0.867. The molecule has 5 nitrogen and oxygen atoms in total. The van der Waals surface area contributed by atoms with Gasteiger partial charge < -0.3 is 15.0 Å². The average molecular weight is 338 g/mol. The molecule has 1 aliphatic carbocycles. The third-order valence-corrected chi connectivity index (χ3v) is 4.46. The minimum atomic E-state index is -2.89. The predicted octanol–water partition coefficient (Wildman–Crippen LogP) is 2.48. The molecule has 1 aliphatic heterocycles. The van der Waals surface area contributed by atoms with E-state index in [1.165, 1.54) is 12.1 Å². The van der Waals surface area contributed by atoms with Gasteiger partial charge in [0.2, 0.25) is 11.8 Å². The zero-order valence-electron chi connectivity index (χ0n) is 13.4. The van der Waals surface area contributed by atoms with Gasteiger partial charge in [0.05, 0.1) is 12.0 Å². The van der Waals surface area contributed by atoms with Crippen molar-refractivity contribution in [3.8, 4) is 5.75 Å². The molecule has 3 rings (SSSR count). The van der Waals surface area contributed by atoms with E-state index in [9.17, 15) is 18.4 Å². The van der Waals surface area contributed by atoms with Crippen molar-refractivity contribution in [3.05, 3.63) is 29.8 Å². The van der Waals surface area contributed by atoms with Gasteiger partial charge in [0.1, 0.15) is 5.75 Å². The Morgan fingerprint density at radius 1 is 1.38 bits per heavy atom. The minimum absolute atomic E-state index is 0.0395. The molecule has 1 saturated carbocycles. The van der Waals surface area contributed by atoms with Crippen LogP contribution in [0.5, 0.6) is 5.75 Å². The Morgan fingerprint density at radius 3 is 2.79 bits per heavy atom. The summed E-state index contributed by atoms with van der Waals surface area (Å²) in [7, 11) is 0. The molecule has 1 aromatic carbocycles. The number of ether oxygens (including phenoxy) is 1. The number of halogens is 2. The lowest BCUT2D eigenvalue weighted by atomic mass is 10.0. The van der Waals surface area contributed by atoms with Gasteiger partial charge >= 0.3 is 6.61 Å². The number of amides is 2. The molecule has 2 fully saturated rings. The van der Waals surface area contributed by atoms with Gasteiger partial charge in [-0.3, -0.25) is 9.59 Å². The van der Waals surface area contributed by atoms with Gasteiger partial charge in [0, 0.05) is 19.0 Å². The molecule has 0 bridgehead atoms. The fourth-order valence-corrected chi connectivity index (χ4v) is 3.02. The third-order valence-electron chi connectivity index (χ3n) is 4.46. The van der Waals surface area contributed by atoms with Crippen molar-refractivity contribution in [1.29, 1.82) is 0 Å². The maximum atomic E-state index is 12.4. The molecule has 2 aliphatic rings. The molecule has 2 amide bonds. The largest absolute Gasteiger partial charge is 0.435 e. The number of alkyl halides is 2. The van der Waals surface area contributed by atoms with Crippen LogP contribution < -0.4 is 10.1 Å². The van der Waals surface area contributed by atoms with E-state index in [2.05, 4.69) is 10.1 Å². The van der Waals surface area contributed by atoms with Gasteiger partial charge in [-0.05, 0) is 37.5 Å². The highest BCUT2D eigenvalue weighted by atomic mass is 19.3. The summed E-state index contributed by atoms with van der Waals surface area (Å²) in [6.07, 6.45) is 2.28. The molecule has 0 unspecified atom stereocenters. The average Bonchev–Trinajstić information content (AvgIpc) is 3.29. The zero-order chi connectivity index (χ0) is 17.3. The van der Waals surface area contributed by atoms with Gasteiger partial charge in [0.25, 0.3) is 0 Å². The fourth-order valence-electron chi connectivity index (χ4n) is 3.02. The van der Waals surface area contributed by atoms with E-state index >= 15 is 0 Å². The number of hydrogen-bond donors (Lipinski definition) is 1. The van der Waals surface area contributed by atoms with Crippen molar-refractivity contribution in [2.45, 2.75) is 44.9 Å². The van der Waals surface area contributed by atoms with Crippen LogP contribution in [0.15, 0.2) is 24.3 Å². The van der Waals surface area contributed by atoms with Crippen LogP contribution in [0.1, 0.15) is 37.8 Å². The van der Waals surface area contributed by atoms with E-state index in [-0.39, 0.29) is 35.9 Å². The fraction of sp³-hybridized carbons (Fsp3) is 0.529. The van der Waals surface area contributed by atoms with Crippen molar-refractivity contribution in [2.75, 3.05) is 6.54 Å². The molecular weight excluding hydrogens is 318 g/mol. The highest BCUT2D eigenvalue weighted by Crippen LogP contribution is 2.33. The monoisotopic (exact) mass is 338 g/mol. The molecule has 1 aromatic rings. The van der Waals surface area contributed by atoms with Gasteiger partial charge in [0.15, 0.2) is 0 Å². The Bertz CT molecular complexity index is 634. The molecule has 7 heteroatoms. The van der Waals surface area contributed by atoms with Crippen molar-refractivity contribution in [2.24, 2.45) is 5.92 Å². The summed E-state index contributed by atoms with van der Waals surface area (Å²) < 4.78 is 28.9. The van der Waals surface area contributed by atoms with Crippen LogP contribution in [-0.4, -0.2) is 35.9 Å². The topological polar surface area (TPSA) is 58.6 Å². The minimum Gasteiger partial charge on any atom is -0.435 e. The number of nitrogens with one attached hydrogen (secondary N) is 1. The van der Waals surface area contributed by atoms with E-state index in [1.807, 2.05) is 0 Å². The lowest BCUT2D eigenvalue weighted by Crippen LogP contribution is -2.35. The summed E-state index contributed by atoms with van der Waals surface area (Å²) in [6, 6.07) is 6.21. The number of carbonyl (C=O) groups excluding carboxylic acids is 2. The molecule has 0 spiro atoms. The third kappa shape index (κ3) is 3.83. The molecule has 2 atom stereocenters. The van der Waals surface area contributed by atoms with Crippen LogP contribution in [0.3, 0.4) is 0 Å². The van der Waals surface area contributed by atoms with Crippen LogP contribution in [0.2, 0.25) is 0 Å². The van der Waals surface area contributed by atoms with Gasteiger partial charge in [-0.2, -0.15) is 8.78 Å². The van der Waals surface area contributed by atoms with Crippen LogP contribution in [0, 0.1) is 5.92 Å². The van der Waals surface area contributed by atoms with Crippen LogP contribution in [-0.2, 0) is 9.59 Å². The lowest BCUT2D eigenvalue weighted by molar-refractivity contribution is -0.129. The second kappa shape index (κ2) is 6.75. The van der Waals surface area contributed by atoms with Crippen molar-refractivity contribution in [1.82, 2.24) is 10.2 Å². The molecule has 0 aromatic heterocycles. The maximum Gasteiger partial charge on any atom is 0.387 e. The van der Waals surface area contributed by atoms with E-state index < -0.39 is 6.61 Å². The van der Waals surface area contributed by atoms with Crippen molar-refractivity contribution < 1.29 is 23.1 Å². The number of nitrogens with zero attached hydrogens (tertiary/aromatic N) is 1. The smallest absolute Gasteiger partial charge is 0.387 e. The Morgan fingerprint density at radius 2 is 2.12 bits per heavy atom. The zero-order valence-corrected chi connectivity index (χ0v) is 13.4. The van der Waals surface area contributed by atoms with Gasteiger partial charge in [-0.1, -0.05) is 12.1 Å². The second-order valence-corrected chi connectivity index (χ2v) is 6.36. The molecule has 0 radical (unpaired) electrons. The Balaban J connectivity index is 1.59. The first-order valence-corrected chi connectivity index (χ1v) is 8.08. The first-order valence-electron chi connectivity index (χ1n) is 8.08. The summed E-state index contributed by atoms with van der Waals surface area (Å²) in [5.74, 6) is -0.433. The summed E-state index contributed by atoms with van der Waals surface area (Å²) in [5.41, 5.74) is 0.671. The van der Waals surface area contributed by atoms with Crippen LogP contribution in [0.4, 0.5) is 8.78 Å². The molecule has 1 saturated heterocycles. The van der Waals surface area contributed by atoms with E-state index in [1.54, 1.807) is 24.0 Å². The molecule has 130 valence electrons.